The molecule has 3 heteroatoms. The molecule has 1 aliphatic heterocycles. The van der Waals surface area contributed by atoms with Gasteiger partial charge in [0.15, 0.2) is 6.29 Å². The molecule has 2 heterocycles. The molecule has 0 unspecified atom stereocenters. The summed E-state index contributed by atoms with van der Waals surface area (Å²) in [5.74, 6) is 0. The Morgan fingerprint density at radius 3 is 2.75 bits per heavy atom. The SMILES string of the molecule is Cc1cc[nH]c1/C=C1\N=C(C=O)CC1(C)C. The van der Waals surface area contributed by atoms with Gasteiger partial charge in [-0.05, 0) is 24.6 Å². The second-order valence-corrected chi connectivity index (χ2v) is 4.89. The molecule has 16 heavy (non-hydrogen) atoms. The molecule has 0 spiro atoms. The van der Waals surface area contributed by atoms with Crippen LogP contribution in [-0.4, -0.2) is 17.0 Å². The third-order valence-electron chi connectivity index (χ3n) is 2.99. The van der Waals surface area contributed by atoms with Gasteiger partial charge in [-0.1, -0.05) is 13.8 Å². The quantitative estimate of drug-likeness (QED) is 0.759. The van der Waals surface area contributed by atoms with Crippen molar-refractivity contribution in [2.24, 2.45) is 10.4 Å². The van der Waals surface area contributed by atoms with Gasteiger partial charge in [0.25, 0.3) is 0 Å². The molecule has 0 radical (unpaired) electrons. The van der Waals surface area contributed by atoms with Crippen LogP contribution in [0.15, 0.2) is 23.0 Å². The van der Waals surface area contributed by atoms with Crippen LogP contribution in [-0.2, 0) is 4.79 Å². The average molecular weight is 216 g/mol. The molecule has 0 aromatic carbocycles. The molecule has 1 aliphatic rings. The largest absolute Gasteiger partial charge is 0.361 e. The van der Waals surface area contributed by atoms with Crippen molar-refractivity contribution in [1.29, 1.82) is 0 Å². The Hall–Kier alpha value is -1.64. The summed E-state index contributed by atoms with van der Waals surface area (Å²) in [6.07, 6.45) is 5.52. The van der Waals surface area contributed by atoms with Gasteiger partial charge in [0.2, 0.25) is 0 Å². The summed E-state index contributed by atoms with van der Waals surface area (Å²) in [5.41, 5.74) is 3.82. The maximum atomic E-state index is 10.7. The molecule has 0 atom stereocenters. The van der Waals surface area contributed by atoms with Crippen LogP contribution in [0, 0.1) is 12.3 Å². The number of rotatable bonds is 2. The van der Waals surface area contributed by atoms with E-state index in [4.69, 9.17) is 0 Å². The Bertz CT molecular complexity index is 478. The van der Waals surface area contributed by atoms with Crippen molar-refractivity contribution in [3.05, 3.63) is 29.2 Å². The van der Waals surface area contributed by atoms with Crippen molar-refractivity contribution in [3.8, 4) is 0 Å². The van der Waals surface area contributed by atoms with Gasteiger partial charge < -0.3 is 4.98 Å². The highest BCUT2D eigenvalue weighted by Gasteiger charge is 2.31. The first-order chi connectivity index (χ1) is 7.53. The average Bonchev–Trinajstić information content (AvgIpc) is 2.73. The lowest BCUT2D eigenvalue weighted by molar-refractivity contribution is -0.102. The van der Waals surface area contributed by atoms with E-state index >= 15 is 0 Å². The number of aryl methyl sites for hydroxylation is 1. The molecular formula is C13H16N2O. The van der Waals surface area contributed by atoms with Gasteiger partial charge in [0.05, 0.1) is 5.71 Å². The minimum Gasteiger partial charge on any atom is -0.361 e. The number of carbonyl (C=O) groups excluding carboxylic acids is 1. The monoisotopic (exact) mass is 216 g/mol. The van der Waals surface area contributed by atoms with Gasteiger partial charge in [0.1, 0.15) is 0 Å². The summed E-state index contributed by atoms with van der Waals surface area (Å²) in [5, 5.41) is 0. The Morgan fingerprint density at radius 1 is 1.50 bits per heavy atom. The van der Waals surface area contributed by atoms with Gasteiger partial charge in [-0.15, -0.1) is 0 Å². The number of allylic oxidation sites excluding steroid dienone is 1. The number of hydrogen-bond donors (Lipinski definition) is 1. The summed E-state index contributed by atoms with van der Waals surface area (Å²) >= 11 is 0. The predicted molar refractivity (Wildman–Crippen MR) is 65.4 cm³/mol. The van der Waals surface area contributed by atoms with Crippen molar-refractivity contribution < 1.29 is 4.79 Å². The first kappa shape index (κ1) is 10.9. The van der Waals surface area contributed by atoms with E-state index in [1.807, 2.05) is 18.3 Å². The lowest BCUT2D eigenvalue weighted by Gasteiger charge is -2.17. The van der Waals surface area contributed by atoms with Crippen LogP contribution in [0.25, 0.3) is 6.08 Å². The van der Waals surface area contributed by atoms with E-state index < -0.39 is 0 Å². The smallest absolute Gasteiger partial charge is 0.164 e. The Labute approximate surface area is 95.3 Å². The molecule has 1 aromatic rings. The first-order valence-corrected chi connectivity index (χ1v) is 5.42. The lowest BCUT2D eigenvalue weighted by atomic mass is 9.86. The van der Waals surface area contributed by atoms with Crippen molar-refractivity contribution in [3.63, 3.8) is 0 Å². The van der Waals surface area contributed by atoms with Crippen LogP contribution in [0.4, 0.5) is 0 Å². The third-order valence-corrected chi connectivity index (χ3v) is 2.99. The number of H-pyrrole nitrogens is 1. The fourth-order valence-corrected chi connectivity index (χ4v) is 1.94. The molecule has 0 bridgehead atoms. The molecule has 1 aromatic heterocycles. The number of carbonyl (C=O) groups is 1. The van der Waals surface area contributed by atoms with Crippen molar-refractivity contribution in [2.45, 2.75) is 27.2 Å². The maximum absolute atomic E-state index is 10.7. The zero-order valence-corrected chi connectivity index (χ0v) is 9.87. The number of nitrogens with one attached hydrogen (secondary N) is 1. The molecule has 1 N–H and O–H groups in total. The molecule has 84 valence electrons. The van der Waals surface area contributed by atoms with Crippen LogP contribution in [0.1, 0.15) is 31.5 Å². The summed E-state index contributed by atoms with van der Waals surface area (Å²) in [6, 6.07) is 2.03. The molecule has 2 rings (SSSR count). The van der Waals surface area contributed by atoms with E-state index in [-0.39, 0.29) is 5.41 Å². The van der Waals surface area contributed by atoms with E-state index in [1.165, 1.54) is 5.56 Å². The van der Waals surface area contributed by atoms with Gasteiger partial charge in [-0.25, -0.2) is 0 Å². The van der Waals surface area contributed by atoms with Gasteiger partial charge in [0, 0.05) is 29.4 Å². The van der Waals surface area contributed by atoms with Gasteiger partial charge in [-0.3, -0.25) is 9.79 Å². The normalized spacial score (nSPS) is 21.2. The molecule has 0 aliphatic carbocycles. The van der Waals surface area contributed by atoms with Crippen LogP contribution >= 0.6 is 0 Å². The summed E-state index contributed by atoms with van der Waals surface area (Å²) in [6.45, 7) is 6.27. The standard InChI is InChI=1S/C13H16N2O/c1-9-4-5-14-11(9)6-12-13(2,3)7-10(8-16)15-12/h4-6,8,14H,7H2,1-3H3/b12-6-. The Morgan fingerprint density at radius 2 is 2.25 bits per heavy atom. The second-order valence-electron chi connectivity index (χ2n) is 4.89. The molecule has 0 amide bonds. The fourth-order valence-electron chi connectivity index (χ4n) is 1.94. The van der Waals surface area contributed by atoms with Crippen molar-refractivity contribution in [1.82, 2.24) is 4.98 Å². The summed E-state index contributed by atoms with van der Waals surface area (Å²) < 4.78 is 0. The zero-order valence-electron chi connectivity index (χ0n) is 9.87. The van der Waals surface area contributed by atoms with Gasteiger partial charge in [-0.2, -0.15) is 0 Å². The summed E-state index contributed by atoms with van der Waals surface area (Å²) in [4.78, 5) is 18.3. The molecule has 0 fully saturated rings. The molecule has 3 nitrogen and oxygen atoms in total. The number of aromatic nitrogens is 1. The van der Waals surface area contributed by atoms with E-state index in [9.17, 15) is 4.79 Å². The van der Waals surface area contributed by atoms with Crippen LogP contribution < -0.4 is 0 Å². The Kier molecular flexibility index (Phi) is 2.54. The van der Waals surface area contributed by atoms with E-state index in [1.54, 1.807) is 0 Å². The van der Waals surface area contributed by atoms with E-state index in [2.05, 4.69) is 30.7 Å². The van der Waals surface area contributed by atoms with Crippen LogP contribution in [0.3, 0.4) is 0 Å². The lowest BCUT2D eigenvalue weighted by Crippen LogP contribution is -2.11. The van der Waals surface area contributed by atoms with Crippen molar-refractivity contribution >= 4 is 18.1 Å². The minimum absolute atomic E-state index is 0.0478. The highest BCUT2D eigenvalue weighted by molar-refractivity contribution is 6.29. The highest BCUT2D eigenvalue weighted by atomic mass is 16.1. The number of hydrogen-bond acceptors (Lipinski definition) is 2. The minimum atomic E-state index is -0.0478. The molecular weight excluding hydrogens is 200 g/mol. The highest BCUT2D eigenvalue weighted by Crippen LogP contribution is 2.38. The third kappa shape index (κ3) is 1.85. The topological polar surface area (TPSA) is 45.2 Å². The molecule has 0 saturated heterocycles. The number of aldehydes is 1. The second kappa shape index (κ2) is 3.74. The Balaban J connectivity index is 2.40. The maximum Gasteiger partial charge on any atom is 0.164 e. The van der Waals surface area contributed by atoms with E-state index in [0.29, 0.717) is 5.71 Å². The van der Waals surface area contributed by atoms with Crippen LogP contribution in [0.2, 0.25) is 0 Å². The van der Waals surface area contributed by atoms with Gasteiger partial charge >= 0.3 is 0 Å². The van der Waals surface area contributed by atoms with Crippen molar-refractivity contribution in [2.75, 3.05) is 0 Å². The number of aromatic amines is 1. The fraction of sp³-hybridized carbons (Fsp3) is 0.385. The molecule has 0 saturated carbocycles. The first-order valence-electron chi connectivity index (χ1n) is 5.42. The number of aliphatic imine (C=N–C) groups is 1. The van der Waals surface area contributed by atoms with E-state index in [0.717, 1.165) is 24.1 Å². The number of nitrogens with zero attached hydrogens (tertiary/aromatic N) is 1. The van der Waals surface area contributed by atoms with Crippen LogP contribution in [0.5, 0.6) is 0 Å². The summed E-state index contributed by atoms with van der Waals surface area (Å²) in [7, 11) is 0. The zero-order chi connectivity index (χ0) is 11.8. The predicted octanol–water partition coefficient (Wildman–Crippen LogP) is 2.73.